The molecule has 0 atom stereocenters. The summed E-state index contributed by atoms with van der Waals surface area (Å²) in [6, 6.07) is 14.7. The molecule has 0 spiro atoms. The van der Waals surface area contributed by atoms with Gasteiger partial charge in [-0.3, -0.25) is 9.59 Å². The van der Waals surface area contributed by atoms with E-state index in [-0.39, 0.29) is 24.8 Å². The second kappa shape index (κ2) is 8.70. The van der Waals surface area contributed by atoms with Crippen molar-refractivity contribution in [2.24, 2.45) is 0 Å². The zero-order valence-electron chi connectivity index (χ0n) is 12.3. The Balaban J connectivity index is 1.73. The number of carbonyl (C=O) groups is 2. The summed E-state index contributed by atoms with van der Waals surface area (Å²) in [6.45, 7) is 0.283. The maximum atomic E-state index is 11.9. The zero-order chi connectivity index (χ0) is 16.7. The molecule has 0 saturated heterocycles. The van der Waals surface area contributed by atoms with E-state index in [1.807, 2.05) is 30.3 Å². The molecule has 0 aliphatic rings. The van der Waals surface area contributed by atoms with E-state index in [4.69, 9.17) is 11.6 Å². The van der Waals surface area contributed by atoms with Gasteiger partial charge >= 0.3 is 0 Å². The Morgan fingerprint density at radius 1 is 1.04 bits per heavy atom. The Morgan fingerprint density at radius 2 is 1.78 bits per heavy atom. The van der Waals surface area contributed by atoms with Gasteiger partial charge in [0, 0.05) is 17.4 Å². The lowest BCUT2D eigenvalue weighted by molar-refractivity contribution is -0.120. The molecule has 0 saturated carbocycles. The van der Waals surface area contributed by atoms with Crippen LogP contribution in [0.3, 0.4) is 0 Å². The second-order valence-corrected chi connectivity index (χ2v) is 6.26. The second-order valence-electron chi connectivity index (χ2n) is 4.93. The fraction of sp³-hybridized carbons (Fsp3) is 0.176. The molecule has 0 heterocycles. The van der Waals surface area contributed by atoms with Gasteiger partial charge in [0.2, 0.25) is 11.8 Å². The first-order chi connectivity index (χ1) is 11.0. The van der Waals surface area contributed by atoms with Crippen molar-refractivity contribution < 1.29 is 9.59 Å². The molecule has 0 aliphatic heterocycles. The van der Waals surface area contributed by atoms with E-state index >= 15 is 0 Å². The van der Waals surface area contributed by atoms with Crippen LogP contribution in [0, 0.1) is 0 Å². The van der Waals surface area contributed by atoms with Gasteiger partial charge in [-0.15, -0.1) is 0 Å². The number of benzene rings is 2. The lowest BCUT2D eigenvalue weighted by Gasteiger charge is -2.08. The lowest BCUT2D eigenvalue weighted by atomic mass is 10.1. The van der Waals surface area contributed by atoms with Crippen molar-refractivity contribution in [3.8, 4) is 0 Å². The number of hydrogen-bond donors (Lipinski definition) is 2. The first-order valence-corrected chi connectivity index (χ1v) is 8.27. The summed E-state index contributed by atoms with van der Waals surface area (Å²) in [6.07, 6.45) is 0.494. The third-order valence-corrected chi connectivity index (χ3v) is 3.89. The van der Waals surface area contributed by atoms with Gasteiger partial charge in [-0.05, 0) is 23.8 Å². The first-order valence-electron chi connectivity index (χ1n) is 7.10. The van der Waals surface area contributed by atoms with Crippen LogP contribution in [0.2, 0.25) is 5.02 Å². The maximum absolute atomic E-state index is 11.9. The van der Waals surface area contributed by atoms with Crippen LogP contribution in [0.25, 0.3) is 0 Å². The van der Waals surface area contributed by atoms with Crippen LogP contribution in [0.15, 0.2) is 53.0 Å². The number of hydrogen-bond acceptors (Lipinski definition) is 2. The molecule has 2 aromatic rings. The quantitative estimate of drug-likeness (QED) is 0.782. The summed E-state index contributed by atoms with van der Waals surface area (Å²) in [5.74, 6) is -0.306. The van der Waals surface area contributed by atoms with Crippen LogP contribution in [-0.2, 0) is 16.0 Å². The van der Waals surface area contributed by atoms with Gasteiger partial charge in [-0.2, -0.15) is 0 Å². The molecule has 4 nitrogen and oxygen atoms in total. The summed E-state index contributed by atoms with van der Waals surface area (Å²) in [4.78, 5) is 23.6. The smallest absolute Gasteiger partial charge is 0.226 e. The number of halogens is 2. The summed E-state index contributed by atoms with van der Waals surface area (Å²) >= 11 is 9.34. The maximum Gasteiger partial charge on any atom is 0.226 e. The number of carbonyl (C=O) groups excluding carboxylic acids is 2. The molecule has 0 bridgehead atoms. The van der Waals surface area contributed by atoms with Gasteiger partial charge in [-0.25, -0.2) is 0 Å². The van der Waals surface area contributed by atoms with Crippen LogP contribution in [-0.4, -0.2) is 18.4 Å². The summed E-state index contributed by atoms with van der Waals surface area (Å²) < 4.78 is 0.841. The number of rotatable bonds is 6. The predicted molar refractivity (Wildman–Crippen MR) is 95.6 cm³/mol. The van der Waals surface area contributed by atoms with Crippen molar-refractivity contribution in [3.63, 3.8) is 0 Å². The highest BCUT2D eigenvalue weighted by molar-refractivity contribution is 9.10. The van der Waals surface area contributed by atoms with Gasteiger partial charge in [0.15, 0.2) is 0 Å². The zero-order valence-corrected chi connectivity index (χ0v) is 14.7. The largest absolute Gasteiger partial charge is 0.355 e. The van der Waals surface area contributed by atoms with Crippen molar-refractivity contribution in [2.75, 3.05) is 11.9 Å². The van der Waals surface area contributed by atoms with E-state index in [2.05, 4.69) is 26.6 Å². The van der Waals surface area contributed by atoms with E-state index in [9.17, 15) is 9.59 Å². The van der Waals surface area contributed by atoms with Crippen LogP contribution < -0.4 is 10.6 Å². The SMILES string of the molecule is O=C(Cc1ccccc1)NCCC(=O)Nc1ccc(Br)cc1Cl. The molecule has 0 aliphatic carbocycles. The normalized spacial score (nSPS) is 10.2. The van der Waals surface area contributed by atoms with Crippen LogP contribution in [0.5, 0.6) is 0 Å². The monoisotopic (exact) mass is 394 g/mol. The molecule has 0 aromatic heterocycles. The van der Waals surface area contributed by atoms with Gasteiger partial charge < -0.3 is 10.6 Å². The van der Waals surface area contributed by atoms with Crippen molar-refractivity contribution >= 4 is 45.0 Å². The molecule has 23 heavy (non-hydrogen) atoms. The van der Waals surface area contributed by atoms with E-state index in [0.717, 1.165) is 10.0 Å². The van der Waals surface area contributed by atoms with Gasteiger partial charge in [0.1, 0.15) is 0 Å². The van der Waals surface area contributed by atoms with Crippen LogP contribution in [0.4, 0.5) is 5.69 Å². The molecular weight excluding hydrogens is 380 g/mol. The van der Waals surface area contributed by atoms with Gasteiger partial charge in [-0.1, -0.05) is 57.9 Å². The van der Waals surface area contributed by atoms with E-state index in [0.29, 0.717) is 17.1 Å². The molecule has 6 heteroatoms. The topological polar surface area (TPSA) is 58.2 Å². The van der Waals surface area contributed by atoms with E-state index in [1.54, 1.807) is 18.2 Å². The lowest BCUT2D eigenvalue weighted by Crippen LogP contribution is -2.28. The molecule has 0 unspecified atom stereocenters. The first kappa shape index (κ1) is 17.5. The van der Waals surface area contributed by atoms with E-state index in [1.165, 1.54) is 0 Å². The fourth-order valence-electron chi connectivity index (χ4n) is 1.96. The molecule has 2 amide bonds. The molecule has 2 N–H and O–H groups in total. The Morgan fingerprint density at radius 3 is 2.48 bits per heavy atom. The highest BCUT2D eigenvalue weighted by Gasteiger charge is 2.08. The van der Waals surface area contributed by atoms with Crippen LogP contribution >= 0.6 is 27.5 Å². The molecule has 2 rings (SSSR count). The summed E-state index contributed by atoms with van der Waals surface area (Å²) in [7, 11) is 0. The Hall–Kier alpha value is -1.85. The van der Waals surface area contributed by atoms with Crippen molar-refractivity contribution in [1.82, 2.24) is 5.32 Å². The Kier molecular flexibility index (Phi) is 6.62. The van der Waals surface area contributed by atoms with Crippen molar-refractivity contribution in [2.45, 2.75) is 12.8 Å². The standard InChI is InChI=1S/C17H16BrClN2O2/c18-13-6-7-15(14(19)11-13)21-16(22)8-9-20-17(23)10-12-4-2-1-3-5-12/h1-7,11H,8-10H2,(H,20,23)(H,21,22). The molecule has 2 aromatic carbocycles. The molecule has 120 valence electrons. The average Bonchev–Trinajstić information content (AvgIpc) is 2.51. The minimum Gasteiger partial charge on any atom is -0.355 e. The highest BCUT2D eigenvalue weighted by atomic mass is 79.9. The summed E-state index contributed by atoms with van der Waals surface area (Å²) in [5.41, 5.74) is 1.49. The van der Waals surface area contributed by atoms with Crippen molar-refractivity contribution in [3.05, 3.63) is 63.6 Å². The average molecular weight is 396 g/mol. The van der Waals surface area contributed by atoms with Crippen molar-refractivity contribution in [1.29, 1.82) is 0 Å². The fourth-order valence-corrected chi connectivity index (χ4v) is 2.68. The van der Waals surface area contributed by atoms with Crippen LogP contribution in [0.1, 0.15) is 12.0 Å². The molecular formula is C17H16BrClN2O2. The van der Waals surface area contributed by atoms with Gasteiger partial charge in [0.05, 0.1) is 17.1 Å². The van der Waals surface area contributed by atoms with Gasteiger partial charge in [0.25, 0.3) is 0 Å². The summed E-state index contributed by atoms with van der Waals surface area (Å²) in [5, 5.41) is 5.91. The minimum absolute atomic E-state index is 0.106. The highest BCUT2D eigenvalue weighted by Crippen LogP contribution is 2.25. The number of anilines is 1. The Bertz CT molecular complexity index is 692. The van der Waals surface area contributed by atoms with E-state index < -0.39 is 0 Å². The Labute approximate surface area is 148 Å². The third kappa shape index (κ3) is 6.04. The number of nitrogens with one attached hydrogen (secondary N) is 2. The number of amides is 2. The predicted octanol–water partition coefficient (Wildman–Crippen LogP) is 3.79. The molecule has 0 radical (unpaired) electrons. The third-order valence-electron chi connectivity index (χ3n) is 3.09. The minimum atomic E-state index is -0.200. The molecule has 0 fully saturated rings.